The molecule has 0 fully saturated rings. The first-order chi connectivity index (χ1) is 14.4. The Bertz CT molecular complexity index is 1230. The Morgan fingerprint density at radius 3 is 2.53 bits per heavy atom. The van der Waals surface area contributed by atoms with Gasteiger partial charge in [0, 0.05) is 25.0 Å². The number of sulfonamides is 1. The van der Waals surface area contributed by atoms with Crippen molar-refractivity contribution in [2.45, 2.75) is 14.4 Å². The molecule has 0 radical (unpaired) electrons. The van der Waals surface area contributed by atoms with Crippen molar-refractivity contribution in [2.24, 2.45) is 0 Å². The summed E-state index contributed by atoms with van der Waals surface area (Å²) in [6.07, 6.45) is 2.95. The van der Waals surface area contributed by atoms with Crippen LogP contribution in [0.4, 0.5) is 0 Å². The Hall–Kier alpha value is -2.47. The predicted octanol–water partition coefficient (Wildman–Crippen LogP) is 2.41. The van der Waals surface area contributed by atoms with Gasteiger partial charge >= 0.3 is 0 Å². The fourth-order valence-corrected chi connectivity index (χ4v) is 7.02. The quantitative estimate of drug-likeness (QED) is 0.569. The second-order valence-corrected chi connectivity index (χ2v) is 11.5. The summed E-state index contributed by atoms with van der Waals surface area (Å²) in [5, 5.41) is 0.531. The molecule has 11 heteroatoms. The molecule has 3 aromatic rings. The highest BCUT2D eigenvalue weighted by molar-refractivity contribution is 7.93. The van der Waals surface area contributed by atoms with Crippen LogP contribution in [0, 0.1) is 0 Å². The molecule has 30 heavy (non-hydrogen) atoms. The van der Waals surface area contributed by atoms with Crippen LogP contribution in [0.3, 0.4) is 0 Å². The lowest BCUT2D eigenvalue weighted by Gasteiger charge is -2.20. The lowest BCUT2D eigenvalue weighted by Crippen LogP contribution is -2.32. The van der Waals surface area contributed by atoms with Crippen molar-refractivity contribution in [1.29, 1.82) is 0 Å². The summed E-state index contributed by atoms with van der Waals surface area (Å²) in [5.74, 6) is 0.799. The van der Waals surface area contributed by atoms with Crippen LogP contribution in [0.25, 0.3) is 0 Å². The molecule has 1 aliphatic heterocycles. The second kappa shape index (κ2) is 8.34. The summed E-state index contributed by atoms with van der Waals surface area (Å²) in [6.45, 7) is 0.374. The highest BCUT2D eigenvalue weighted by atomic mass is 32.2. The molecule has 1 aromatic carbocycles. The monoisotopic (exact) mass is 466 g/mol. The van der Waals surface area contributed by atoms with E-state index in [9.17, 15) is 16.8 Å². The van der Waals surface area contributed by atoms with Crippen LogP contribution in [0.5, 0.6) is 11.5 Å². The normalized spacial score (nSPS) is 14.9. The van der Waals surface area contributed by atoms with Gasteiger partial charge in [0.15, 0.2) is 21.3 Å². The molecule has 1 atom stereocenters. The van der Waals surface area contributed by atoms with Gasteiger partial charge in [-0.3, -0.25) is 4.98 Å². The number of ether oxygens (including phenoxy) is 2. The minimum atomic E-state index is -3.99. The van der Waals surface area contributed by atoms with E-state index in [0.29, 0.717) is 30.3 Å². The van der Waals surface area contributed by atoms with E-state index in [1.165, 1.54) is 36.7 Å². The maximum Gasteiger partial charge on any atom is 0.240 e. The van der Waals surface area contributed by atoms with Gasteiger partial charge in [-0.1, -0.05) is 12.1 Å². The maximum absolute atomic E-state index is 13.2. The molecule has 8 nitrogen and oxygen atoms in total. The highest BCUT2D eigenvalue weighted by Crippen LogP contribution is 2.33. The lowest BCUT2D eigenvalue weighted by atomic mass is 10.2. The Balaban J connectivity index is 1.62. The molecule has 0 spiro atoms. The van der Waals surface area contributed by atoms with Crippen molar-refractivity contribution >= 4 is 31.2 Å². The van der Waals surface area contributed by atoms with Crippen LogP contribution in [-0.2, 0) is 19.9 Å². The smallest absolute Gasteiger partial charge is 0.240 e. The molecule has 0 bridgehead atoms. The van der Waals surface area contributed by atoms with E-state index in [1.807, 2.05) is 0 Å². The number of hydrogen-bond acceptors (Lipinski definition) is 8. The first-order valence-electron chi connectivity index (χ1n) is 8.94. The van der Waals surface area contributed by atoms with Crippen molar-refractivity contribution in [3.63, 3.8) is 0 Å². The average Bonchev–Trinajstić information content (AvgIpc) is 3.30. The van der Waals surface area contributed by atoms with Gasteiger partial charge in [-0.25, -0.2) is 21.6 Å². The molecule has 0 amide bonds. The van der Waals surface area contributed by atoms with Gasteiger partial charge in [0.1, 0.15) is 22.7 Å². The largest absolute Gasteiger partial charge is 0.486 e. The first-order valence-corrected chi connectivity index (χ1v) is 12.9. The Kier molecular flexibility index (Phi) is 5.78. The minimum absolute atomic E-state index is 0.0368. The average molecular weight is 467 g/mol. The van der Waals surface area contributed by atoms with Gasteiger partial charge in [-0.05, 0) is 35.2 Å². The number of hydrogen-bond donors (Lipinski definition) is 1. The lowest BCUT2D eigenvalue weighted by molar-refractivity contribution is 0.171. The van der Waals surface area contributed by atoms with E-state index in [1.54, 1.807) is 23.6 Å². The summed E-state index contributed by atoms with van der Waals surface area (Å²) in [7, 11) is -7.82. The van der Waals surface area contributed by atoms with Crippen LogP contribution in [0.2, 0.25) is 0 Å². The summed E-state index contributed by atoms with van der Waals surface area (Å²) in [6, 6.07) is 10.6. The van der Waals surface area contributed by atoms with Crippen molar-refractivity contribution in [3.8, 4) is 11.5 Å². The molecule has 1 unspecified atom stereocenters. The number of pyridine rings is 1. The maximum atomic E-state index is 13.2. The Labute approximate surface area is 178 Å². The third kappa shape index (κ3) is 4.19. The number of nitrogens with one attached hydrogen (secondary N) is 1. The van der Waals surface area contributed by atoms with Crippen molar-refractivity contribution < 1.29 is 26.3 Å². The predicted molar refractivity (Wildman–Crippen MR) is 111 cm³/mol. The standard InChI is InChI=1S/C19H18N2O6S3/c22-29(23,19-4-2-10-28-19)18(14-3-1-7-20-12-14)13-21-30(24,25)15-5-6-16-17(11-15)27-9-8-26-16/h1-7,10-12,18,21H,8-9,13H2. The van der Waals surface area contributed by atoms with E-state index in [4.69, 9.17) is 9.47 Å². The molecule has 0 saturated carbocycles. The number of benzene rings is 1. The zero-order valence-corrected chi connectivity index (χ0v) is 18.0. The van der Waals surface area contributed by atoms with E-state index >= 15 is 0 Å². The SMILES string of the molecule is O=S(=O)(NCC(c1cccnc1)S(=O)(=O)c1cccs1)c1ccc2c(c1)OCCO2. The molecular formula is C19H18N2O6S3. The molecular weight excluding hydrogens is 448 g/mol. The van der Waals surface area contributed by atoms with E-state index < -0.39 is 25.1 Å². The molecule has 1 N–H and O–H groups in total. The fraction of sp³-hybridized carbons (Fsp3) is 0.211. The minimum Gasteiger partial charge on any atom is -0.486 e. The third-order valence-corrected chi connectivity index (χ3v) is 9.44. The summed E-state index contributed by atoms with van der Waals surface area (Å²) in [4.78, 5) is 3.95. The fourth-order valence-electron chi connectivity index (χ4n) is 3.00. The number of thiophene rings is 1. The number of nitrogens with zero attached hydrogens (tertiary/aromatic N) is 1. The molecule has 3 heterocycles. The zero-order chi connectivity index (χ0) is 21.2. The first kappa shape index (κ1) is 20.8. The number of sulfone groups is 1. The van der Waals surface area contributed by atoms with Crippen LogP contribution in [0.1, 0.15) is 10.8 Å². The van der Waals surface area contributed by atoms with Gasteiger partial charge in [0.25, 0.3) is 0 Å². The van der Waals surface area contributed by atoms with Gasteiger partial charge in [-0.2, -0.15) is 0 Å². The summed E-state index contributed by atoms with van der Waals surface area (Å²) >= 11 is 1.08. The molecule has 0 aliphatic carbocycles. The molecule has 0 saturated heterocycles. The Morgan fingerprint density at radius 2 is 1.83 bits per heavy atom. The second-order valence-electron chi connectivity index (χ2n) is 6.41. The highest BCUT2D eigenvalue weighted by Gasteiger charge is 2.32. The van der Waals surface area contributed by atoms with Crippen molar-refractivity contribution in [1.82, 2.24) is 9.71 Å². The van der Waals surface area contributed by atoms with Gasteiger partial charge < -0.3 is 9.47 Å². The van der Waals surface area contributed by atoms with Gasteiger partial charge in [0.2, 0.25) is 10.0 Å². The van der Waals surface area contributed by atoms with Crippen LogP contribution < -0.4 is 14.2 Å². The van der Waals surface area contributed by atoms with Crippen molar-refractivity contribution in [2.75, 3.05) is 19.8 Å². The number of aromatic nitrogens is 1. The van der Waals surface area contributed by atoms with E-state index in [0.717, 1.165) is 11.3 Å². The molecule has 158 valence electrons. The molecule has 1 aliphatic rings. The van der Waals surface area contributed by atoms with E-state index in [2.05, 4.69) is 9.71 Å². The van der Waals surface area contributed by atoms with Crippen LogP contribution >= 0.6 is 11.3 Å². The van der Waals surface area contributed by atoms with Crippen LogP contribution in [-0.4, -0.2) is 41.6 Å². The van der Waals surface area contributed by atoms with Crippen molar-refractivity contribution in [3.05, 3.63) is 65.8 Å². The molecule has 4 rings (SSSR count). The van der Waals surface area contributed by atoms with Gasteiger partial charge in [-0.15, -0.1) is 11.3 Å². The number of rotatable bonds is 7. The third-order valence-electron chi connectivity index (χ3n) is 4.49. The van der Waals surface area contributed by atoms with Crippen LogP contribution in [0.15, 0.2) is 69.3 Å². The molecule has 2 aromatic heterocycles. The van der Waals surface area contributed by atoms with Gasteiger partial charge in [0.05, 0.1) is 4.90 Å². The zero-order valence-electron chi connectivity index (χ0n) is 15.6. The topological polar surface area (TPSA) is 112 Å². The number of fused-ring (bicyclic) bond motifs is 1. The summed E-state index contributed by atoms with van der Waals surface area (Å²) < 4.78 is 65.4. The Morgan fingerprint density at radius 1 is 1.03 bits per heavy atom. The van der Waals surface area contributed by atoms with E-state index in [-0.39, 0.29) is 15.6 Å². The summed E-state index contributed by atoms with van der Waals surface area (Å²) in [5.41, 5.74) is 0.399.